The zero-order valence-corrected chi connectivity index (χ0v) is 20.3. The molecular weight excluding hydrogens is 473 g/mol. The molecule has 4 heterocycles. The monoisotopic (exact) mass is 502 g/mol. The number of alkyl halides is 3. The normalized spacial score (nSPS) is 19.0. The maximum Gasteiger partial charge on any atom is 0.573 e. The summed E-state index contributed by atoms with van der Waals surface area (Å²) in [7, 11) is 0. The minimum atomic E-state index is -4.76. The third kappa shape index (κ3) is 5.28. The van der Waals surface area contributed by atoms with Crippen LogP contribution in [0.2, 0.25) is 0 Å². The van der Waals surface area contributed by atoms with Crippen LogP contribution < -0.4 is 9.64 Å². The maximum absolute atomic E-state index is 12.9. The Hall–Kier alpha value is -3.27. The number of piperidine rings is 1. The van der Waals surface area contributed by atoms with Gasteiger partial charge in [-0.25, -0.2) is 4.98 Å². The van der Waals surface area contributed by atoms with Crippen LogP contribution in [-0.4, -0.2) is 65.5 Å². The average molecular weight is 503 g/mol. The Morgan fingerprint density at radius 2 is 1.89 bits per heavy atom. The first-order chi connectivity index (χ1) is 17.1. The van der Waals surface area contributed by atoms with E-state index in [2.05, 4.69) is 39.5 Å². The Morgan fingerprint density at radius 1 is 1.17 bits per heavy atom. The Kier molecular flexibility index (Phi) is 6.32. The van der Waals surface area contributed by atoms with Gasteiger partial charge in [0.05, 0.1) is 24.1 Å². The summed E-state index contributed by atoms with van der Waals surface area (Å²) in [5.74, 6) is -0.251. The number of hydrogen-bond acceptors (Lipinski definition) is 5. The number of fused-ring (bicyclic) bond motifs is 1. The lowest BCUT2D eigenvalue weighted by Crippen LogP contribution is -2.48. The predicted octanol–water partition coefficient (Wildman–Crippen LogP) is 5.10. The number of H-pyrrole nitrogens is 1. The summed E-state index contributed by atoms with van der Waals surface area (Å²) in [4.78, 5) is 24.9. The lowest BCUT2D eigenvalue weighted by molar-refractivity contribution is -0.274. The van der Waals surface area contributed by atoms with Crippen LogP contribution in [0, 0.1) is 0 Å². The number of morpholine rings is 1. The van der Waals surface area contributed by atoms with Crippen LogP contribution in [-0.2, 0) is 4.74 Å². The number of aromatic amines is 1. The number of likely N-dealkylation sites (tertiary alicyclic amines) is 1. The van der Waals surface area contributed by atoms with Gasteiger partial charge in [0, 0.05) is 43.3 Å². The molecule has 36 heavy (non-hydrogen) atoms. The molecule has 1 N–H and O–H groups in total. The van der Waals surface area contributed by atoms with Gasteiger partial charge in [-0.05, 0) is 68.5 Å². The molecule has 0 aliphatic carbocycles. The SMILES string of the molecule is CC1(C)CN(c2cnc3[nH]cc(C4CCN(C(=O)c5ccc(OC(F)(F)F)cc5)CC4)c3c2)CCO1. The smallest absolute Gasteiger partial charge is 0.406 e. The molecule has 7 nitrogen and oxygen atoms in total. The van der Waals surface area contributed by atoms with Gasteiger partial charge in [-0.15, -0.1) is 13.2 Å². The van der Waals surface area contributed by atoms with E-state index in [1.807, 2.05) is 12.4 Å². The van der Waals surface area contributed by atoms with E-state index in [1.165, 1.54) is 29.8 Å². The number of ether oxygens (including phenoxy) is 2. The summed E-state index contributed by atoms with van der Waals surface area (Å²) >= 11 is 0. The highest BCUT2D eigenvalue weighted by atomic mass is 19.4. The van der Waals surface area contributed by atoms with Gasteiger partial charge in [0.15, 0.2) is 0 Å². The number of hydrogen-bond donors (Lipinski definition) is 1. The summed E-state index contributed by atoms with van der Waals surface area (Å²) in [6, 6.07) is 7.27. The topological polar surface area (TPSA) is 70.7 Å². The largest absolute Gasteiger partial charge is 0.573 e. The number of halogens is 3. The van der Waals surface area contributed by atoms with Gasteiger partial charge < -0.3 is 24.3 Å². The van der Waals surface area contributed by atoms with Crippen LogP contribution in [0.1, 0.15) is 48.5 Å². The van der Waals surface area contributed by atoms with Gasteiger partial charge in [-0.3, -0.25) is 4.79 Å². The lowest BCUT2D eigenvalue weighted by Gasteiger charge is -2.39. The van der Waals surface area contributed by atoms with Crippen molar-refractivity contribution in [3.63, 3.8) is 0 Å². The number of carbonyl (C=O) groups excluding carboxylic acids is 1. The molecule has 0 radical (unpaired) electrons. The molecule has 0 unspecified atom stereocenters. The van der Waals surface area contributed by atoms with Crippen LogP contribution in [0.15, 0.2) is 42.7 Å². The molecule has 2 aromatic heterocycles. The van der Waals surface area contributed by atoms with Crippen molar-refractivity contribution in [3.8, 4) is 5.75 Å². The fourth-order valence-electron chi connectivity index (χ4n) is 5.14. The van der Waals surface area contributed by atoms with Crippen molar-refractivity contribution in [3.05, 3.63) is 53.9 Å². The molecule has 2 aliphatic rings. The predicted molar refractivity (Wildman–Crippen MR) is 129 cm³/mol. The Bertz CT molecular complexity index is 1230. The second kappa shape index (κ2) is 9.31. The Balaban J connectivity index is 1.25. The summed E-state index contributed by atoms with van der Waals surface area (Å²) in [6.07, 6.45) is 0.749. The lowest BCUT2D eigenvalue weighted by atomic mass is 9.89. The fraction of sp³-hybridized carbons (Fsp3) is 0.462. The van der Waals surface area contributed by atoms with E-state index in [1.54, 1.807) is 4.90 Å². The van der Waals surface area contributed by atoms with Crippen molar-refractivity contribution in [1.82, 2.24) is 14.9 Å². The van der Waals surface area contributed by atoms with Gasteiger partial charge in [0.2, 0.25) is 0 Å². The number of pyridine rings is 1. The number of rotatable bonds is 4. The van der Waals surface area contributed by atoms with E-state index >= 15 is 0 Å². The third-order valence-electron chi connectivity index (χ3n) is 6.90. The van der Waals surface area contributed by atoms with Gasteiger partial charge >= 0.3 is 6.36 Å². The Labute approximate surface area is 207 Å². The van der Waals surface area contributed by atoms with E-state index in [-0.39, 0.29) is 23.2 Å². The molecule has 2 saturated heterocycles. The standard InChI is InChI=1S/C26H29F3N4O3/c1-25(2)16-33(11-12-35-25)19-13-21-22(15-31-23(21)30-14-19)17-7-9-32(10-8-17)24(34)18-3-5-20(6-4-18)36-26(27,28)29/h3-6,13-15,17H,7-12,16H2,1-2H3,(H,30,31). The highest BCUT2D eigenvalue weighted by Crippen LogP contribution is 2.35. The van der Waals surface area contributed by atoms with Crippen LogP contribution in [0.3, 0.4) is 0 Å². The number of amides is 1. The second-order valence-corrected chi connectivity index (χ2v) is 10.0. The second-order valence-electron chi connectivity index (χ2n) is 10.0. The number of nitrogens with zero attached hydrogens (tertiary/aromatic N) is 3. The number of nitrogens with one attached hydrogen (secondary N) is 1. The van der Waals surface area contributed by atoms with Crippen molar-refractivity contribution in [2.24, 2.45) is 0 Å². The van der Waals surface area contributed by atoms with Crippen molar-refractivity contribution in [2.45, 2.75) is 44.6 Å². The molecular formula is C26H29F3N4O3. The third-order valence-corrected chi connectivity index (χ3v) is 6.90. The first-order valence-corrected chi connectivity index (χ1v) is 12.1. The summed E-state index contributed by atoms with van der Waals surface area (Å²) in [5.41, 5.74) is 3.26. The number of carbonyl (C=O) groups is 1. The van der Waals surface area contributed by atoms with Crippen molar-refractivity contribution < 1.29 is 27.4 Å². The van der Waals surface area contributed by atoms with Crippen LogP contribution in [0.4, 0.5) is 18.9 Å². The molecule has 0 saturated carbocycles. The van der Waals surface area contributed by atoms with Gasteiger partial charge in [-0.1, -0.05) is 0 Å². The molecule has 192 valence electrons. The van der Waals surface area contributed by atoms with Gasteiger partial charge in [0.25, 0.3) is 5.91 Å². The minimum absolute atomic E-state index is 0.190. The molecule has 0 atom stereocenters. The Morgan fingerprint density at radius 3 is 2.56 bits per heavy atom. The molecule has 5 rings (SSSR count). The molecule has 3 aromatic rings. The molecule has 10 heteroatoms. The average Bonchev–Trinajstić information content (AvgIpc) is 3.26. The van der Waals surface area contributed by atoms with Crippen molar-refractivity contribution >= 4 is 22.6 Å². The number of benzene rings is 1. The quantitative estimate of drug-likeness (QED) is 0.538. The minimum Gasteiger partial charge on any atom is -0.406 e. The van der Waals surface area contributed by atoms with Gasteiger partial charge in [0.1, 0.15) is 11.4 Å². The zero-order valence-electron chi connectivity index (χ0n) is 20.3. The zero-order chi connectivity index (χ0) is 25.5. The first kappa shape index (κ1) is 24.4. The van der Waals surface area contributed by atoms with Crippen LogP contribution >= 0.6 is 0 Å². The molecule has 0 bridgehead atoms. The van der Waals surface area contributed by atoms with E-state index < -0.39 is 6.36 Å². The molecule has 2 aliphatic heterocycles. The van der Waals surface area contributed by atoms with Crippen LogP contribution in [0.5, 0.6) is 5.75 Å². The van der Waals surface area contributed by atoms with E-state index in [0.29, 0.717) is 25.3 Å². The van der Waals surface area contributed by atoms with Crippen molar-refractivity contribution in [2.75, 3.05) is 37.7 Å². The van der Waals surface area contributed by atoms with Crippen molar-refractivity contribution in [1.29, 1.82) is 0 Å². The van der Waals surface area contributed by atoms with E-state index in [0.717, 1.165) is 42.7 Å². The number of anilines is 1. The fourth-order valence-corrected chi connectivity index (χ4v) is 5.14. The van der Waals surface area contributed by atoms with Gasteiger partial charge in [-0.2, -0.15) is 0 Å². The molecule has 1 aromatic carbocycles. The highest BCUT2D eigenvalue weighted by molar-refractivity contribution is 5.94. The highest BCUT2D eigenvalue weighted by Gasteiger charge is 2.32. The molecule has 2 fully saturated rings. The van der Waals surface area contributed by atoms with Crippen LogP contribution in [0.25, 0.3) is 11.0 Å². The molecule has 1 amide bonds. The number of aromatic nitrogens is 2. The summed E-state index contributed by atoms with van der Waals surface area (Å²) in [5, 5.41) is 1.10. The summed E-state index contributed by atoms with van der Waals surface area (Å²) in [6.45, 7) is 7.61. The van der Waals surface area contributed by atoms with E-state index in [9.17, 15) is 18.0 Å². The maximum atomic E-state index is 12.9. The summed E-state index contributed by atoms with van der Waals surface area (Å²) < 4.78 is 46.9. The molecule has 0 spiro atoms. The van der Waals surface area contributed by atoms with E-state index in [4.69, 9.17) is 4.74 Å². The first-order valence-electron chi connectivity index (χ1n) is 12.1.